The molecule has 114 valence electrons. The van der Waals surface area contributed by atoms with E-state index in [1.165, 1.54) is 12.8 Å². The summed E-state index contributed by atoms with van der Waals surface area (Å²) in [5, 5.41) is 9.75. The number of carbonyl (C=O) groups is 1. The van der Waals surface area contributed by atoms with Crippen LogP contribution in [0.25, 0.3) is 0 Å². The van der Waals surface area contributed by atoms with E-state index < -0.39 is 0 Å². The first kappa shape index (κ1) is 14.2. The first-order chi connectivity index (χ1) is 10.2. The van der Waals surface area contributed by atoms with Gasteiger partial charge < -0.3 is 20.9 Å². The van der Waals surface area contributed by atoms with Gasteiger partial charge in [0, 0.05) is 19.6 Å². The molecule has 1 fully saturated rings. The molecule has 0 radical (unpaired) electrons. The summed E-state index contributed by atoms with van der Waals surface area (Å²) in [7, 11) is 2.16. The Hall–Kier alpha value is -1.75. The molecule has 1 amide bonds. The van der Waals surface area contributed by atoms with Crippen LogP contribution in [0.4, 0.5) is 11.4 Å². The Morgan fingerprint density at radius 1 is 1.29 bits per heavy atom. The number of hydrogen-bond acceptors (Lipinski definition) is 4. The summed E-state index contributed by atoms with van der Waals surface area (Å²) in [6.45, 7) is 4.79. The number of fused-ring (bicyclic) bond motifs is 1. The van der Waals surface area contributed by atoms with Crippen molar-refractivity contribution in [1.82, 2.24) is 10.2 Å². The van der Waals surface area contributed by atoms with Gasteiger partial charge in [0.25, 0.3) is 5.91 Å². The maximum atomic E-state index is 12.4. The highest BCUT2D eigenvalue weighted by atomic mass is 16.1. The van der Waals surface area contributed by atoms with Crippen LogP contribution in [0.15, 0.2) is 18.2 Å². The fourth-order valence-electron chi connectivity index (χ4n) is 3.06. The highest BCUT2D eigenvalue weighted by molar-refractivity contribution is 6.02. The van der Waals surface area contributed by atoms with E-state index in [1.807, 2.05) is 18.2 Å². The van der Waals surface area contributed by atoms with Crippen molar-refractivity contribution in [2.75, 3.05) is 50.4 Å². The molecule has 21 heavy (non-hydrogen) atoms. The number of benzene rings is 1. The number of nitrogens with zero attached hydrogens (tertiary/aromatic N) is 1. The van der Waals surface area contributed by atoms with Crippen molar-refractivity contribution in [1.29, 1.82) is 0 Å². The Morgan fingerprint density at radius 3 is 2.86 bits per heavy atom. The minimum atomic E-state index is 0.0296. The van der Waals surface area contributed by atoms with Crippen molar-refractivity contribution in [3.05, 3.63) is 23.8 Å². The van der Waals surface area contributed by atoms with Crippen molar-refractivity contribution in [2.24, 2.45) is 5.92 Å². The van der Waals surface area contributed by atoms with Gasteiger partial charge in [-0.05, 0) is 51.0 Å². The molecule has 5 nitrogen and oxygen atoms in total. The van der Waals surface area contributed by atoms with Crippen LogP contribution in [0.5, 0.6) is 0 Å². The molecule has 2 aliphatic heterocycles. The first-order valence-corrected chi connectivity index (χ1v) is 7.81. The molecule has 0 bridgehead atoms. The maximum Gasteiger partial charge on any atom is 0.253 e. The van der Waals surface area contributed by atoms with E-state index in [4.69, 9.17) is 0 Å². The summed E-state index contributed by atoms with van der Waals surface area (Å²) < 4.78 is 0. The molecular weight excluding hydrogens is 264 g/mol. The summed E-state index contributed by atoms with van der Waals surface area (Å²) in [6.07, 6.45) is 2.34. The van der Waals surface area contributed by atoms with Crippen molar-refractivity contribution in [3.8, 4) is 0 Å². The number of amides is 1. The average Bonchev–Trinajstić information content (AvgIpc) is 2.53. The van der Waals surface area contributed by atoms with Gasteiger partial charge in [-0.15, -0.1) is 0 Å². The Morgan fingerprint density at radius 2 is 2.05 bits per heavy atom. The van der Waals surface area contributed by atoms with Crippen LogP contribution in [0.3, 0.4) is 0 Å². The van der Waals surface area contributed by atoms with Gasteiger partial charge in [0.05, 0.1) is 16.9 Å². The molecule has 0 unspecified atom stereocenters. The molecule has 2 heterocycles. The third kappa shape index (κ3) is 3.29. The van der Waals surface area contributed by atoms with E-state index in [-0.39, 0.29) is 5.91 Å². The molecular formula is C16H24N4O. The second-order valence-corrected chi connectivity index (χ2v) is 6.04. The van der Waals surface area contributed by atoms with Crippen LogP contribution in [-0.2, 0) is 0 Å². The fourth-order valence-corrected chi connectivity index (χ4v) is 3.06. The molecule has 1 aromatic rings. The van der Waals surface area contributed by atoms with Gasteiger partial charge in [0.2, 0.25) is 0 Å². The summed E-state index contributed by atoms with van der Waals surface area (Å²) in [5.41, 5.74) is 2.70. The number of carbonyl (C=O) groups excluding carboxylic acids is 1. The molecule has 1 saturated heterocycles. The Bertz CT molecular complexity index is 509. The largest absolute Gasteiger partial charge is 0.382 e. The van der Waals surface area contributed by atoms with Gasteiger partial charge in [0.1, 0.15) is 0 Å². The topological polar surface area (TPSA) is 56.4 Å². The lowest BCUT2D eigenvalue weighted by Gasteiger charge is -2.29. The van der Waals surface area contributed by atoms with Gasteiger partial charge in [-0.3, -0.25) is 4.79 Å². The normalized spacial score (nSPS) is 19.3. The first-order valence-electron chi connectivity index (χ1n) is 7.81. The number of anilines is 2. The number of rotatable bonds is 3. The Labute approximate surface area is 126 Å². The lowest BCUT2D eigenvalue weighted by Crippen LogP contribution is -2.37. The van der Waals surface area contributed by atoms with Gasteiger partial charge in [0.15, 0.2) is 0 Å². The summed E-state index contributed by atoms with van der Waals surface area (Å²) in [6, 6.07) is 5.83. The third-order valence-electron chi connectivity index (χ3n) is 4.44. The van der Waals surface area contributed by atoms with Crippen LogP contribution in [0.2, 0.25) is 0 Å². The predicted octanol–water partition coefficient (Wildman–Crippen LogP) is 1.60. The molecule has 0 spiro atoms. The van der Waals surface area contributed by atoms with Crippen molar-refractivity contribution >= 4 is 17.3 Å². The zero-order chi connectivity index (χ0) is 14.7. The number of nitrogens with one attached hydrogen (secondary N) is 3. The molecule has 0 saturated carbocycles. The van der Waals surface area contributed by atoms with Crippen molar-refractivity contribution in [3.63, 3.8) is 0 Å². The van der Waals surface area contributed by atoms with Gasteiger partial charge in [-0.2, -0.15) is 0 Å². The lowest BCUT2D eigenvalue weighted by molar-refractivity contribution is 0.0940. The Balaban J connectivity index is 1.61. The smallest absolute Gasteiger partial charge is 0.253 e. The third-order valence-corrected chi connectivity index (χ3v) is 4.44. The second-order valence-electron chi connectivity index (χ2n) is 6.04. The van der Waals surface area contributed by atoms with E-state index in [0.717, 1.165) is 49.7 Å². The molecule has 1 aromatic carbocycles. The standard InChI is InChI=1S/C16H24N4O/c1-20-9-5-12(6-10-20)11-19-16(21)13-3-2-4-14-15(13)18-8-7-17-14/h2-4,12,17-18H,5-11H2,1H3,(H,19,21). The van der Waals surface area contributed by atoms with E-state index in [0.29, 0.717) is 5.92 Å². The molecule has 0 aromatic heterocycles. The fraction of sp³-hybridized carbons (Fsp3) is 0.562. The van der Waals surface area contributed by atoms with Gasteiger partial charge in [-0.25, -0.2) is 0 Å². The number of hydrogen-bond donors (Lipinski definition) is 3. The molecule has 3 rings (SSSR count). The van der Waals surface area contributed by atoms with E-state index in [2.05, 4.69) is 27.9 Å². The highest BCUT2D eigenvalue weighted by Crippen LogP contribution is 2.28. The van der Waals surface area contributed by atoms with Crippen LogP contribution in [0, 0.1) is 5.92 Å². The van der Waals surface area contributed by atoms with Crippen LogP contribution < -0.4 is 16.0 Å². The summed E-state index contributed by atoms with van der Waals surface area (Å²) in [4.78, 5) is 14.8. The zero-order valence-corrected chi connectivity index (χ0v) is 12.6. The average molecular weight is 288 g/mol. The quantitative estimate of drug-likeness (QED) is 0.791. The molecule has 3 N–H and O–H groups in total. The number of likely N-dealkylation sites (tertiary alicyclic amines) is 1. The lowest BCUT2D eigenvalue weighted by atomic mass is 9.97. The monoisotopic (exact) mass is 288 g/mol. The van der Waals surface area contributed by atoms with Crippen molar-refractivity contribution in [2.45, 2.75) is 12.8 Å². The van der Waals surface area contributed by atoms with Crippen LogP contribution in [-0.4, -0.2) is 50.6 Å². The molecule has 5 heteroatoms. The van der Waals surface area contributed by atoms with E-state index in [1.54, 1.807) is 0 Å². The van der Waals surface area contributed by atoms with Gasteiger partial charge >= 0.3 is 0 Å². The summed E-state index contributed by atoms with van der Waals surface area (Å²) >= 11 is 0. The zero-order valence-electron chi connectivity index (χ0n) is 12.6. The summed E-state index contributed by atoms with van der Waals surface area (Å²) in [5.74, 6) is 0.637. The maximum absolute atomic E-state index is 12.4. The minimum Gasteiger partial charge on any atom is -0.382 e. The second kappa shape index (κ2) is 6.35. The van der Waals surface area contributed by atoms with Gasteiger partial charge in [-0.1, -0.05) is 6.07 Å². The number of para-hydroxylation sites is 1. The van der Waals surface area contributed by atoms with E-state index in [9.17, 15) is 4.79 Å². The SMILES string of the molecule is CN1CCC(CNC(=O)c2cccc3c2NCCN3)CC1. The molecule has 0 aliphatic carbocycles. The number of piperidine rings is 1. The Kier molecular flexibility index (Phi) is 4.29. The molecule has 0 atom stereocenters. The minimum absolute atomic E-state index is 0.0296. The van der Waals surface area contributed by atoms with Crippen LogP contribution in [0.1, 0.15) is 23.2 Å². The molecule has 2 aliphatic rings. The predicted molar refractivity (Wildman–Crippen MR) is 86.0 cm³/mol. The highest BCUT2D eigenvalue weighted by Gasteiger charge is 2.20. The van der Waals surface area contributed by atoms with Crippen LogP contribution >= 0.6 is 0 Å². The van der Waals surface area contributed by atoms with Crippen molar-refractivity contribution < 1.29 is 4.79 Å². The van der Waals surface area contributed by atoms with E-state index >= 15 is 0 Å².